The number of carbonyl (C=O) groups excluding carboxylic acids is 5. The lowest BCUT2D eigenvalue weighted by molar-refractivity contribution is -0.188. The molecule has 2 aliphatic carbocycles. The summed E-state index contributed by atoms with van der Waals surface area (Å²) >= 11 is 0. The minimum Gasteiger partial charge on any atom is -0.462 e. The maximum atomic E-state index is 13.9. The third kappa shape index (κ3) is 6.67. The van der Waals surface area contributed by atoms with E-state index in [-0.39, 0.29) is 24.7 Å². The first kappa shape index (κ1) is 30.3. The highest BCUT2D eigenvalue weighted by Crippen LogP contribution is 2.61. The Labute approximate surface area is 218 Å². The number of rotatable bonds is 8. The zero-order chi connectivity index (χ0) is 28.3. The molecule has 6 atom stereocenters. The molecule has 206 valence electrons. The first-order chi connectivity index (χ1) is 17.0. The van der Waals surface area contributed by atoms with Gasteiger partial charge < -0.3 is 18.9 Å². The van der Waals surface area contributed by atoms with Crippen molar-refractivity contribution in [1.82, 2.24) is 0 Å². The van der Waals surface area contributed by atoms with Crippen LogP contribution in [0.5, 0.6) is 0 Å². The Morgan fingerprint density at radius 1 is 0.973 bits per heavy atom. The van der Waals surface area contributed by atoms with Crippen LogP contribution in [0.4, 0.5) is 0 Å². The Morgan fingerprint density at radius 2 is 1.57 bits per heavy atom. The minimum atomic E-state index is -1.17. The molecule has 0 radical (unpaired) electrons. The lowest BCUT2D eigenvalue weighted by Gasteiger charge is -2.59. The predicted octanol–water partition coefficient (Wildman–Crippen LogP) is 3.88. The first-order valence-corrected chi connectivity index (χ1v) is 12.6. The number of ketones is 1. The highest BCUT2D eigenvalue weighted by atomic mass is 16.6. The molecular weight excluding hydrogens is 480 g/mol. The van der Waals surface area contributed by atoms with Crippen molar-refractivity contribution in [2.75, 3.05) is 6.61 Å². The Kier molecular flexibility index (Phi) is 9.49. The van der Waals surface area contributed by atoms with E-state index in [0.717, 1.165) is 0 Å². The van der Waals surface area contributed by atoms with E-state index < -0.39 is 58.9 Å². The molecule has 0 heterocycles. The van der Waals surface area contributed by atoms with Crippen LogP contribution in [0.1, 0.15) is 74.7 Å². The number of esters is 4. The Balaban J connectivity index is 2.56. The fourth-order valence-corrected chi connectivity index (χ4v) is 6.30. The van der Waals surface area contributed by atoms with Gasteiger partial charge in [-0.25, -0.2) is 0 Å². The predicted molar refractivity (Wildman–Crippen MR) is 134 cm³/mol. The smallest absolute Gasteiger partial charge is 0.303 e. The van der Waals surface area contributed by atoms with E-state index in [9.17, 15) is 24.0 Å². The molecule has 2 saturated carbocycles. The van der Waals surface area contributed by atoms with Gasteiger partial charge in [0.2, 0.25) is 0 Å². The molecule has 0 aliphatic heterocycles. The molecule has 0 aromatic rings. The Bertz CT molecular complexity index is 992. The number of hydrogen-bond acceptors (Lipinski definition) is 9. The average molecular weight is 521 g/mol. The second-order valence-electron chi connectivity index (χ2n) is 11.0. The zero-order valence-corrected chi connectivity index (χ0v) is 23.2. The van der Waals surface area contributed by atoms with E-state index in [0.29, 0.717) is 24.0 Å². The lowest BCUT2D eigenvalue weighted by Crippen LogP contribution is -2.63. The second kappa shape index (κ2) is 11.6. The highest BCUT2D eigenvalue weighted by molar-refractivity contribution is 5.93. The van der Waals surface area contributed by atoms with Gasteiger partial charge in [-0.05, 0) is 54.7 Å². The van der Waals surface area contributed by atoms with Crippen LogP contribution >= 0.6 is 0 Å². The molecule has 0 spiro atoms. The quantitative estimate of drug-likeness (QED) is 0.266. The van der Waals surface area contributed by atoms with Crippen LogP contribution in [-0.4, -0.2) is 54.6 Å². The van der Waals surface area contributed by atoms with Crippen LogP contribution in [0.2, 0.25) is 0 Å². The van der Waals surface area contributed by atoms with Crippen molar-refractivity contribution in [2.45, 2.75) is 93.0 Å². The number of fused-ring (bicyclic) bond motifs is 1. The minimum absolute atomic E-state index is 0.0239. The monoisotopic (exact) mass is 520 g/mol. The maximum Gasteiger partial charge on any atom is 0.303 e. The van der Waals surface area contributed by atoms with E-state index in [1.54, 1.807) is 13.0 Å². The first-order valence-electron chi connectivity index (χ1n) is 12.6. The fraction of sp³-hybridized carbons (Fsp3) is 0.679. The van der Waals surface area contributed by atoms with E-state index >= 15 is 0 Å². The summed E-state index contributed by atoms with van der Waals surface area (Å²) in [5.41, 5.74) is -0.270. The van der Waals surface area contributed by atoms with Gasteiger partial charge in [-0.15, -0.1) is 0 Å². The fourth-order valence-electron chi connectivity index (χ4n) is 6.30. The molecule has 9 nitrogen and oxygen atoms in total. The van der Waals surface area contributed by atoms with Gasteiger partial charge in [-0.3, -0.25) is 24.0 Å². The van der Waals surface area contributed by atoms with Crippen LogP contribution in [0.3, 0.4) is 0 Å². The van der Waals surface area contributed by atoms with Crippen molar-refractivity contribution in [3.63, 3.8) is 0 Å². The SMILES string of the molecule is C=C1[C@H](OC(C)=O)C(=O)[C@@H]2C(C)(C)[C@H](OC(C)=O)CC[C@]2(C)[C@H]1C[C@@H](OC(C)=O)/C(C)=C/COC(C)=O. The molecule has 9 heteroatoms. The van der Waals surface area contributed by atoms with E-state index in [4.69, 9.17) is 18.9 Å². The second-order valence-corrected chi connectivity index (χ2v) is 11.0. The van der Waals surface area contributed by atoms with Crippen LogP contribution in [0, 0.1) is 22.7 Å². The average Bonchev–Trinajstić information content (AvgIpc) is 2.74. The summed E-state index contributed by atoms with van der Waals surface area (Å²) in [5.74, 6) is -3.22. The van der Waals surface area contributed by atoms with Gasteiger partial charge >= 0.3 is 23.9 Å². The van der Waals surface area contributed by atoms with Gasteiger partial charge in [-0.2, -0.15) is 0 Å². The maximum absolute atomic E-state index is 13.9. The van der Waals surface area contributed by atoms with Crippen LogP contribution in [0.25, 0.3) is 0 Å². The topological polar surface area (TPSA) is 122 Å². The van der Waals surface area contributed by atoms with Crippen molar-refractivity contribution >= 4 is 29.7 Å². The van der Waals surface area contributed by atoms with Gasteiger partial charge in [0, 0.05) is 39.0 Å². The van der Waals surface area contributed by atoms with Crippen LogP contribution in [0.15, 0.2) is 23.8 Å². The number of Topliss-reactive ketones (excluding diaryl/α,β-unsaturated/α-hetero) is 1. The number of ether oxygens (including phenoxy) is 4. The molecule has 2 fully saturated rings. The van der Waals surface area contributed by atoms with Crippen molar-refractivity contribution < 1.29 is 42.9 Å². The van der Waals surface area contributed by atoms with Gasteiger partial charge in [-0.1, -0.05) is 27.4 Å². The molecule has 37 heavy (non-hydrogen) atoms. The lowest BCUT2D eigenvalue weighted by atomic mass is 9.45. The third-order valence-electron chi connectivity index (χ3n) is 7.85. The Hall–Kier alpha value is -2.97. The van der Waals surface area contributed by atoms with Gasteiger partial charge in [0.05, 0.1) is 0 Å². The molecule has 0 aromatic carbocycles. The molecule has 0 saturated heterocycles. The molecule has 0 amide bonds. The largest absolute Gasteiger partial charge is 0.462 e. The van der Waals surface area contributed by atoms with Crippen molar-refractivity contribution in [3.8, 4) is 0 Å². The van der Waals surface area contributed by atoms with Gasteiger partial charge in [0.25, 0.3) is 0 Å². The summed E-state index contributed by atoms with van der Waals surface area (Å²) in [5, 5.41) is 0. The highest BCUT2D eigenvalue weighted by Gasteiger charge is 2.64. The standard InChI is InChI=1S/C28H40O9/c1-15(11-13-34-17(3)29)22(35-18(4)30)14-21-16(2)25(37-20(6)32)24(33)26-27(7,8)23(36-19(5)31)10-12-28(21,26)9/h11,21-23,25-26H,2,10,12-14H2,1,3-9H3/b15-11+/t21-,22+,23+,25-,26+,28+/m0/s1. The molecule has 0 aromatic heterocycles. The van der Waals surface area contributed by atoms with E-state index in [1.165, 1.54) is 27.7 Å². The van der Waals surface area contributed by atoms with Crippen molar-refractivity contribution in [2.24, 2.45) is 22.7 Å². The molecule has 0 unspecified atom stereocenters. The van der Waals surface area contributed by atoms with Crippen molar-refractivity contribution in [1.29, 1.82) is 0 Å². The van der Waals surface area contributed by atoms with Crippen molar-refractivity contribution in [3.05, 3.63) is 23.8 Å². The van der Waals surface area contributed by atoms with Gasteiger partial charge in [0.15, 0.2) is 11.9 Å². The van der Waals surface area contributed by atoms with E-state index in [2.05, 4.69) is 6.58 Å². The summed E-state index contributed by atoms with van der Waals surface area (Å²) in [6.07, 6.45) is 0.696. The molecule has 2 aliphatic rings. The molecular formula is C28H40O9. The normalized spacial score (nSPS) is 30.0. The van der Waals surface area contributed by atoms with Gasteiger partial charge in [0.1, 0.15) is 18.8 Å². The third-order valence-corrected chi connectivity index (χ3v) is 7.85. The Morgan fingerprint density at radius 3 is 2.08 bits per heavy atom. The molecule has 0 N–H and O–H groups in total. The number of hydrogen-bond donors (Lipinski definition) is 0. The summed E-state index contributed by atoms with van der Waals surface area (Å²) in [7, 11) is 0. The summed E-state index contributed by atoms with van der Waals surface area (Å²) in [4.78, 5) is 60.9. The van der Waals surface area contributed by atoms with Crippen LogP contribution in [-0.2, 0) is 42.9 Å². The summed E-state index contributed by atoms with van der Waals surface area (Å²) in [6.45, 7) is 17.0. The molecule has 0 bridgehead atoms. The van der Waals surface area contributed by atoms with Crippen LogP contribution < -0.4 is 0 Å². The molecule has 2 rings (SSSR count). The zero-order valence-electron chi connectivity index (χ0n) is 23.2. The summed E-state index contributed by atoms with van der Waals surface area (Å²) < 4.78 is 21.8. The number of carbonyl (C=O) groups is 5. The summed E-state index contributed by atoms with van der Waals surface area (Å²) in [6, 6.07) is 0. The van der Waals surface area contributed by atoms with E-state index in [1.807, 2.05) is 20.8 Å².